The van der Waals surface area contributed by atoms with Gasteiger partial charge >= 0.3 is 5.97 Å². The lowest BCUT2D eigenvalue weighted by molar-refractivity contribution is -0.134. The number of carboxylic acids is 1. The summed E-state index contributed by atoms with van der Waals surface area (Å²) in [5.74, 6) is -1.88. The second kappa shape index (κ2) is 8.54. The van der Waals surface area contributed by atoms with E-state index < -0.39 is 23.3 Å². The highest BCUT2D eigenvalue weighted by atomic mass is 19.1. The summed E-state index contributed by atoms with van der Waals surface area (Å²) in [6.45, 7) is 5.73. The van der Waals surface area contributed by atoms with Gasteiger partial charge in [-0.3, -0.25) is 9.59 Å². The predicted molar refractivity (Wildman–Crippen MR) is 120 cm³/mol. The maximum atomic E-state index is 15.1. The van der Waals surface area contributed by atoms with Gasteiger partial charge in [0.25, 0.3) is 0 Å². The summed E-state index contributed by atoms with van der Waals surface area (Å²) >= 11 is 0. The smallest absolute Gasteiger partial charge is 0.341 e. The van der Waals surface area contributed by atoms with Crippen LogP contribution in [0.5, 0.6) is 0 Å². The number of halogens is 1. The third kappa shape index (κ3) is 3.97. The van der Waals surface area contributed by atoms with Gasteiger partial charge in [0.1, 0.15) is 11.4 Å². The van der Waals surface area contributed by atoms with E-state index in [1.165, 1.54) is 6.20 Å². The van der Waals surface area contributed by atoms with E-state index in [1.54, 1.807) is 15.5 Å². The van der Waals surface area contributed by atoms with Crippen LogP contribution >= 0.6 is 0 Å². The van der Waals surface area contributed by atoms with Crippen molar-refractivity contribution >= 4 is 28.5 Å². The van der Waals surface area contributed by atoms with E-state index in [4.69, 9.17) is 5.73 Å². The van der Waals surface area contributed by atoms with Gasteiger partial charge in [-0.2, -0.15) is 0 Å². The number of piperazine rings is 1. The molecule has 172 valence electrons. The Morgan fingerprint density at radius 1 is 1.22 bits per heavy atom. The van der Waals surface area contributed by atoms with Crippen molar-refractivity contribution in [3.05, 3.63) is 39.9 Å². The van der Waals surface area contributed by atoms with Crippen LogP contribution < -0.4 is 16.1 Å². The molecule has 2 heterocycles. The van der Waals surface area contributed by atoms with Crippen molar-refractivity contribution in [2.75, 3.05) is 31.1 Å². The molecule has 2 fully saturated rings. The fourth-order valence-corrected chi connectivity index (χ4v) is 4.28. The Morgan fingerprint density at radius 3 is 2.44 bits per heavy atom. The minimum Gasteiger partial charge on any atom is -0.477 e. The molecular formula is C23H29FN4O4. The van der Waals surface area contributed by atoms with E-state index in [1.807, 2.05) is 18.7 Å². The fourth-order valence-electron chi connectivity index (χ4n) is 4.28. The number of benzene rings is 1. The molecule has 1 amide bonds. The molecule has 8 nitrogen and oxygen atoms in total. The lowest BCUT2D eigenvalue weighted by atomic mass is 9.98. The minimum atomic E-state index is -1.31. The van der Waals surface area contributed by atoms with Crippen LogP contribution in [0.2, 0.25) is 0 Å². The first-order valence-electron chi connectivity index (χ1n) is 11.1. The highest BCUT2D eigenvalue weighted by molar-refractivity contribution is 5.93. The molecule has 2 aliphatic rings. The zero-order valence-corrected chi connectivity index (χ0v) is 18.4. The van der Waals surface area contributed by atoms with Gasteiger partial charge < -0.3 is 25.2 Å². The molecule has 32 heavy (non-hydrogen) atoms. The van der Waals surface area contributed by atoms with Crippen molar-refractivity contribution in [1.29, 1.82) is 0 Å². The van der Waals surface area contributed by atoms with Crippen molar-refractivity contribution in [3.8, 4) is 0 Å². The molecule has 2 aromatic rings. The Balaban J connectivity index is 1.62. The first-order chi connectivity index (χ1) is 15.2. The molecule has 1 aliphatic heterocycles. The SMILES string of the molecule is CCC(C)C(N)C(=O)N1CCN(c2cc3c(cc2F)c(=O)c(C(=O)O)cn3C2CC2)CC1. The third-order valence-electron chi connectivity index (χ3n) is 6.75. The number of amides is 1. The molecule has 0 bridgehead atoms. The Labute approximate surface area is 185 Å². The molecule has 0 spiro atoms. The Kier molecular flexibility index (Phi) is 5.94. The summed E-state index contributed by atoms with van der Waals surface area (Å²) in [5, 5.41) is 9.46. The molecule has 1 aromatic heterocycles. The van der Waals surface area contributed by atoms with Crippen LogP contribution in [0.25, 0.3) is 10.9 Å². The summed E-state index contributed by atoms with van der Waals surface area (Å²) in [7, 11) is 0. The number of carboxylic acid groups (broad SMARTS) is 1. The molecule has 1 aromatic carbocycles. The molecule has 9 heteroatoms. The van der Waals surface area contributed by atoms with Gasteiger partial charge in [-0.1, -0.05) is 20.3 Å². The van der Waals surface area contributed by atoms with Crippen LogP contribution in [0.1, 0.15) is 49.5 Å². The molecule has 1 saturated heterocycles. The number of fused-ring (bicyclic) bond motifs is 1. The summed E-state index contributed by atoms with van der Waals surface area (Å²) in [5.41, 5.74) is 5.96. The Hall–Kier alpha value is -2.94. The number of carbonyl (C=O) groups is 2. The van der Waals surface area contributed by atoms with Gasteiger partial charge in [0, 0.05) is 43.8 Å². The maximum absolute atomic E-state index is 15.1. The number of nitrogens with zero attached hydrogens (tertiary/aromatic N) is 3. The van der Waals surface area contributed by atoms with Crippen LogP contribution in [-0.2, 0) is 4.79 Å². The van der Waals surface area contributed by atoms with Gasteiger partial charge in [-0.25, -0.2) is 9.18 Å². The lowest BCUT2D eigenvalue weighted by Gasteiger charge is -2.38. The van der Waals surface area contributed by atoms with Crippen molar-refractivity contribution in [1.82, 2.24) is 9.47 Å². The molecule has 4 rings (SSSR count). The predicted octanol–water partition coefficient (Wildman–Crippen LogP) is 2.20. The standard InChI is InChI=1S/C23H29FN4O4/c1-3-13(2)20(25)22(30)27-8-6-26(7-9-27)19-11-18-15(10-17(19)24)21(29)16(23(31)32)12-28(18)14-4-5-14/h10-14,20H,3-9,25H2,1-2H3,(H,31,32). The van der Waals surface area contributed by atoms with E-state index in [0.29, 0.717) is 37.4 Å². The zero-order valence-electron chi connectivity index (χ0n) is 18.4. The normalized spacial score (nSPS) is 18.6. The average Bonchev–Trinajstić information content (AvgIpc) is 3.63. The van der Waals surface area contributed by atoms with Crippen LogP contribution in [0.4, 0.5) is 10.1 Å². The number of pyridine rings is 1. The molecule has 1 saturated carbocycles. The highest BCUT2D eigenvalue weighted by Gasteiger charge is 2.30. The number of nitrogens with two attached hydrogens (primary N) is 1. The first kappa shape index (κ1) is 22.3. The van der Waals surface area contributed by atoms with E-state index in [-0.39, 0.29) is 28.8 Å². The van der Waals surface area contributed by atoms with Gasteiger partial charge in [-0.05, 0) is 30.9 Å². The van der Waals surface area contributed by atoms with Gasteiger partial charge in [0.2, 0.25) is 11.3 Å². The largest absolute Gasteiger partial charge is 0.477 e. The maximum Gasteiger partial charge on any atom is 0.341 e. The second-order valence-corrected chi connectivity index (χ2v) is 8.86. The number of anilines is 1. The zero-order chi connectivity index (χ0) is 23.2. The molecule has 3 N–H and O–H groups in total. The topological polar surface area (TPSA) is 109 Å². The van der Waals surface area contributed by atoms with Gasteiger partial charge in [-0.15, -0.1) is 0 Å². The minimum absolute atomic E-state index is 0.0754. The third-order valence-corrected chi connectivity index (χ3v) is 6.75. The van der Waals surface area contributed by atoms with Crippen LogP contribution in [0, 0.1) is 11.7 Å². The highest BCUT2D eigenvalue weighted by Crippen LogP contribution is 2.38. The van der Waals surface area contributed by atoms with E-state index in [0.717, 1.165) is 25.3 Å². The monoisotopic (exact) mass is 444 g/mol. The molecule has 0 radical (unpaired) electrons. The number of rotatable bonds is 6. The average molecular weight is 445 g/mol. The molecule has 1 aliphatic carbocycles. The number of hydrogen-bond donors (Lipinski definition) is 2. The van der Waals surface area contributed by atoms with Crippen molar-refractivity contribution in [2.45, 2.75) is 45.2 Å². The molecule has 2 unspecified atom stereocenters. The molecular weight excluding hydrogens is 415 g/mol. The number of aromatic carboxylic acids is 1. The van der Waals surface area contributed by atoms with Crippen molar-refractivity contribution in [2.24, 2.45) is 11.7 Å². The van der Waals surface area contributed by atoms with Crippen molar-refractivity contribution < 1.29 is 19.1 Å². The second-order valence-electron chi connectivity index (χ2n) is 8.86. The number of hydrogen-bond acceptors (Lipinski definition) is 5. The molecule has 2 atom stereocenters. The summed E-state index contributed by atoms with van der Waals surface area (Å²) in [4.78, 5) is 40.4. The first-order valence-corrected chi connectivity index (χ1v) is 11.1. The lowest BCUT2D eigenvalue weighted by Crippen LogP contribution is -2.54. The number of aromatic nitrogens is 1. The van der Waals surface area contributed by atoms with Gasteiger partial charge in [0.15, 0.2) is 0 Å². The van der Waals surface area contributed by atoms with Crippen LogP contribution in [0.15, 0.2) is 23.1 Å². The van der Waals surface area contributed by atoms with E-state index >= 15 is 4.39 Å². The quantitative estimate of drug-likeness (QED) is 0.707. The summed E-state index contributed by atoms with van der Waals surface area (Å²) in [6.07, 6.45) is 3.97. The van der Waals surface area contributed by atoms with Crippen LogP contribution in [-0.4, -0.2) is 58.7 Å². The summed E-state index contributed by atoms with van der Waals surface area (Å²) < 4.78 is 16.8. The Morgan fingerprint density at radius 2 is 1.88 bits per heavy atom. The Bertz CT molecular complexity index is 1120. The van der Waals surface area contributed by atoms with E-state index in [2.05, 4.69) is 0 Å². The fraction of sp³-hybridized carbons (Fsp3) is 0.522. The van der Waals surface area contributed by atoms with Crippen molar-refractivity contribution in [3.63, 3.8) is 0 Å². The van der Waals surface area contributed by atoms with Gasteiger partial charge in [0.05, 0.1) is 17.2 Å². The van der Waals surface area contributed by atoms with E-state index in [9.17, 15) is 19.5 Å². The number of carbonyl (C=O) groups excluding carboxylic acids is 1. The van der Waals surface area contributed by atoms with Crippen LogP contribution in [0.3, 0.4) is 0 Å². The summed E-state index contributed by atoms with van der Waals surface area (Å²) in [6, 6.07) is 2.36.